The molecule has 1 aromatic heterocycles. The fourth-order valence-electron chi connectivity index (χ4n) is 4.22. The second-order valence-electron chi connectivity index (χ2n) is 7.39. The van der Waals surface area contributed by atoms with E-state index < -0.39 is 23.4 Å². The zero-order valence-corrected chi connectivity index (χ0v) is 17.2. The molecule has 30 heavy (non-hydrogen) atoms. The molecular weight excluding hydrogens is 384 g/mol. The highest BCUT2D eigenvalue weighted by molar-refractivity contribution is 6.02. The molecule has 1 atom stereocenters. The number of aromatic amines is 1. The minimum Gasteiger partial charge on any atom is -0.468 e. The zero-order valence-electron chi connectivity index (χ0n) is 17.2. The Morgan fingerprint density at radius 3 is 2.40 bits per heavy atom. The summed E-state index contributed by atoms with van der Waals surface area (Å²) in [5.41, 5.74) is 1.88. The molecule has 0 spiro atoms. The molecule has 7 nitrogen and oxygen atoms in total. The van der Waals surface area contributed by atoms with E-state index in [1.807, 2.05) is 61.7 Å². The number of benzene rings is 2. The van der Waals surface area contributed by atoms with Crippen molar-refractivity contribution in [2.24, 2.45) is 5.41 Å². The first-order valence-electron chi connectivity index (χ1n) is 9.74. The highest BCUT2D eigenvalue weighted by atomic mass is 16.7. The lowest BCUT2D eigenvalue weighted by atomic mass is 9.73. The quantitative estimate of drug-likeness (QED) is 0.524. The maximum atomic E-state index is 13.1. The van der Waals surface area contributed by atoms with Gasteiger partial charge in [-0.15, -0.1) is 0 Å². The number of carbonyl (C=O) groups excluding carboxylic acids is 2. The van der Waals surface area contributed by atoms with Crippen LogP contribution in [0.25, 0.3) is 10.9 Å². The Labute approximate surface area is 174 Å². The van der Waals surface area contributed by atoms with Crippen molar-refractivity contribution in [3.63, 3.8) is 0 Å². The van der Waals surface area contributed by atoms with Gasteiger partial charge in [-0.25, -0.2) is 5.06 Å². The highest BCUT2D eigenvalue weighted by Crippen LogP contribution is 2.50. The zero-order chi connectivity index (χ0) is 21.3. The average molecular weight is 408 g/mol. The summed E-state index contributed by atoms with van der Waals surface area (Å²) in [6.45, 7) is 2.15. The van der Waals surface area contributed by atoms with Gasteiger partial charge < -0.3 is 14.5 Å². The summed E-state index contributed by atoms with van der Waals surface area (Å²) in [4.78, 5) is 35.6. The third-order valence-electron chi connectivity index (χ3n) is 5.73. The van der Waals surface area contributed by atoms with Crippen LogP contribution in [0.3, 0.4) is 0 Å². The van der Waals surface area contributed by atoms with E-state index in [1.165, 1.54) is 14.2 Å². The van der Waals surface area contributed by atoms with Gasteiger partial charge in [0.25, 0.3) is 0 Å². The van der Waals surface area contributed by atoms with E-state index >= 15 is 0 Å². The molecule has 0 amide bonds. The lowest BCUT2D eigenvalue weighted by Gasteiger charge is -2.46. The maximum Gasteiger partial charge on any atom is 0.325 e. The number of rotatable bonds is 4. The summed E-state index contributed by atoms with van der Waals surface area (Å²) >= 11 is 0. The lowest BCUT2D eigenvalue weighted by Crippen LogP contribution is -2.56. The van der Waals surface area contributed by atoms with Crippen LogP contribution in [0.5, 0.6) is 0 Å². The standard InChI is InChI=1S/C23H24N2O5/c1-15-8-10-16(11-9-15)25-20(18-14-24-19-7-5-4-6-17(18)19)23(12-13-30-25,21(26)28-2)22(27)29-3/h4-11,14,20,24H,12-13H2,1-3H3. The molecule has 0 bridgehead atoms. The summed E-state index contributed by atoms with van der Waals surface area (Å²) < 4.78 is 10.3. The van der Waals surface area contributed by atoms with Crippen molar-refractivity contribution in [3.05, 3.63) is 65.9 Å². The van der Waals surface area contributed by atoms with Crippen LogP contribution in [0.2, 0.25) is 0 Å². The van der Waals surface area contributed by atoms with Gasteiger partial charge in [-0.3, -0.25) is 14.4 Å². The monoisotopic (exact) mass is 408 g/mol. The predicted molar refractivity (Wildman–Crippen MR) is 112 cm³/mol. The highest BCUT2D eigenvalue weighted by Gasteiger charge is 2.60. The molecule has 156 valence electrons. The van der Waals surface area contributed by atoms with Gasteiger partial charge >= 0.3 is 11.9 Å². The molecule has 0 aliphatic carbocycles. The Morgan fingerprint density at radius 2 is 1.73 bits per heavy atom. The van der Waals surface area contributed by atoms with Gasteiger partial charge in [0.15, 0.2) is 5.41 Å². The number of nitrogens with zero attached hydrogens (tertiary/aromatic N) is 1. The number of fused-ring (bicyclic) bond motifs is 1. The molecule has 1 unspecified atom stereocenters. The van der Waals surface area contributed by atoms with Crippen molar-refractivity contribution in [3.8, 4) is 0 Å². The number of carbonyl (C=O) groups is 2. The van der Waals surface area contributed by atoms with E-state index in [-0.39, 0.29) is 13.0 Å². The van der Waals surface area contributed by atoms with Crippen molar-refractivity contribution >= 4 is 28.5 Å². The van der Waals surface area contributed by atoms with Crippen LogP contribution in [0, 0.1) is 12.3 Å². The van der Waals surface area contributed by atoms with Crippen molar-refractivity contribution in [2.45, 2.75) is 19.4 Å². The minimum absolute atomic E-state index is 0.138. The largest absolute Gasteiger partial charge is 0.468 e. The SMILES string of the molecule is COC(=O)C1(C(=O)OC)CCON(c2ccc(C)cc2)C1c1c[nH]c2ccccc12. The first kappa shape index (κ1) is 20.0. The van der Waals surface area contributed by atoms with Gasteiger partial charge in [0.1, 0.15) is 6.04 Å². The molecule has 1 saturated heterocycles. The number of esters is 2. The van der Waals surface area contributed by atoms with Crippen LogP contribution in [0.1, 0.15) is 23.6 Å². The number of anilines is 1. The number of hydrogen-bond donors (Lipinski definition) is 1. The Bertz CT molecular complexity index is 1060. The van der Waals surface area contributed by atoms with Crippen molar-refractivity contribution in [1.29, 1.82) is 0 Å². The van der Waals surface area contributed by atoms with Crippen LogP contribution in [-0.4, -0.2) is 37.7 Å². The van der Waals surface area contributed by atoms with Gasteiger partial charge in [-0.2, -0.15) is 0 Å². The Balaban J connectivity index is 1.98. The molecule has 2 heterocycles. The summed E-state index contributed by atoms with van der Waals surface area (Å²) in [6, 6.07) is 14.7. The molecule has 1 fully saturated rings. The van der Waals surface area contributed by atoms with E-state index in [0.717, 1.165) is 27.7 Å². The Morgan fingerprint density at radius 1 is 1.07 bits per heavy atom. The van der Waals surface area contributed by atoms with Crippen molar-refractivity contribution < 1.29 is 23.9 Å². The van der Waals surface area contributed by atoms with E-state index in [1.54, 1.807) is 5.06 Å². The first-order valence-corrected chi connectivity index (χ1v) is 9.74. The number of ether oxygens (including phenoxy) is 2. The van der Waals surface area contributed by atoms with Crippen LogP contribution in [0.15, 0.2) is 54.7 Å². The normalized spacial score (nSPS) is 18.2. The topological polar surface area (TPSA) is 80.9 Å². The first-order chi connectivity index (χ1) is 14.5. The van der Waals surface area contributed by atoms with Gasteiger partial charge in [-0.05, 0) is 25.1 Å². The summed E-state index contributed by atoms with van der Waals surface area (Å²) in [6.07, 6.45) is 1.95. The fourth-order valence-corrected chi connectivity index (χ4v) is 4.22. The second kappa shape index (κ2) is 7.84. The molecule has 7 heteroatoms. The van der Waals surface area contributed by atoms with E-state index in [9.17, 15) is 9.59 Å². The third-order valence-corrected chi connectivity index (χ3v) is 5.73. The lowest BCUT2D eigenvalue weighted by molar-refractivity contribution is -0.180. The molecule has 0 radical (unpaired) electrons. The fraction of sp³-hybridized carbons (Fsp3) is 0.304. The minimum atomic E-state index is -1.59. The van der Waals surface area contributed by atoms with Crippen LogP contribution >= 0.6 is 0 Å². The third kappa shape index (κ3) is 3.02. The second-order valence-corrected chi connectivity index (χ2v) is 7.39. The smallest absolute Gasteiger partial charge is 0.325 e. The number of para-hydroxylation sites is 1. The predicted octanol–water partition coefficient (Wildman–Crippen LogP) is 3.69. The number of hydroxylamine groups is 1. The number of methoxy groups -OCH3 is 2. The number of aryl methyl sites for hydroxylation is 1. The molecular formula is C23H24N2O5. The number of H-pyrrole nitrogens is 1. The van der Waals surface area contributed by atoms with Crippen LogP contribution in [0.4, 0.5) is 5.69 Å². The van der Waals surface area contributed by atoms with E-state index in [4.69, 9.17) is 14.3 Å². The van der Waals surface area contributed by atoms with Gasteiger partial charge in [0, 0.05) is 29.1 Å². The Hall–Kier alpha value is -3.32. The molecule has 1 aliphatic rings. The van der Waals surface area contributed by atoms with Crippen molar-refractivity contribution in [1.82, 2.24) is 4.98 Å². The summed E-state index contributed by atoms with van der Waals surface area (Å²) in [5.74, 6) is -1.30. The van der Waals surface area contributed by atoms with Gasteiger partial charge in [0.05, 0.1) is 26.5 Å². The summed E-state index contributed by atoms with van der Waals surface area (Å²) in [7, 11) is 2.57. The number of aromatic nitrogens is 1. The molecule has 3 aromatic rings. The molecule has 1 N–H and O–H groups in total. The van der Waals surface area contributed by atoms with Crippen LogP contribution < -0.4 is 5.06 Å². The summed E-state index contributed by atoms with van der Waals surface area (Å²) in [5, 5.41) is 2.52. The van der Waals surface area contributed by atoms with E-state index in [0.29, 0.717) is 0 Å². The number of hydrogen-bond acceptors (Lipinski definition) is 6. The molecule has 1 aliphatic heterocycles. The van der Waals surface area contributed by atoms with Gasteiger partial charge in [-0.1, -0.05) is 35.9 Å². The van der Waals surface area contributed by atoms with Gasteiger partial charge in [0.2, 0.25) is 0 Å². The molecule has 4 rings (SSSR count). The van der Waals surface area contributed by atoms with E-state index in [2.05, 4.69) is 4.98 Å². The Kier molecular flexibility index (Phi) is 5.22. The maximum absolute atomic E-state index is 13.1. The molecule has 2 aromatic carbocycles. The van der Waals surface area contributed by atoms with Crippen molar-refractivity contribution in [2.75, 3.05) is 25.9 Å². The molecule has 0 saturated carbocycles. The average Bonchev–Trinajstić information content (AvgIpc) is 3.21. The van der Waals surface area contributed by atoms with Crippen LogP contribution in [-0.2, 0) is 23.9 Å². The number of nitrogens with one attached hydrogen (secondary N) is 1.